The van der Waals surface area contributed by atoms with Crippen molar-refractivity contribution in [3.63, 3.8) is 0 Å². The average molecular weight is 146 g/mol. The molecule has 0 aromatic heterocycles. The normalized spacial score (nSPS) is 10.3. The van der Waals surface area contributed by atoms with E-state index < -0.39 is 12.2 Å². The van der Waals surface area contributed by atoms with Gasteiger partial charge in [0, 0.05) is 13.2 Å². The fourth-order valence-electron chi connectivity index (χ4n) is 0.502. The number of carbonyl (C=O) groups is 1. The summed E-state index contributed by atoms with van der Waals surface area (Å²) in [6.45, 7) is 4.26. The van der Waals surface area contributed by atoms with Crippen LogP contribution in [0.4, 0.5) is 0 Å². The first-order chi connectivity index (χ1) is 4.72. The number of hydrogen-bond donors (Lipinski definition) is 0. The minimum absolute atomic E-state index is 0.384. The molecule has 0 aliphatic rings. The molecule has 59 valence electrons. The van der Waals surface area contributed by atoms with E-state index in [0.717, 1.165) is 0 Å². The van der Waals surface area contributed by atoms with E-state index in [-0.39, 0.29) is 0 Å². The summed E-state index contributed by atoms with van der Waals surface area (Å²) in [5.41, 5.74) is 6.65. The maximum atomic E-state index is 10.3. The zero-order chi connectivity index (χ0) is 7.98. The smallest absolute Gasteiger partial charge is 0.295 e. The number of carbonyl (C=O) groups excluding carboxylic acids is 1. The lowest BCUT2D eigenvalue weighted by atomic mass is 10.6. The molecule has 0 aromatic carbocycles. The lowest BCUT2D eigenvalue weighted by Crippen LogP contribution is -2.28. The minimum atomic E-state index is -0.991. The number of ether oxygens (including phenoxy) is 2. The van der Waals surface area contributed by atoms with Crippen molar-refractivity contribution in [2.75, 3.05) is 13.2 Å². The topological polar surface area (TPSA) is 59.3 Å². The van der Waals surface area contributed by atoms with Gasteiger partial charge in [-0.15, -0.1) is 0 Å². The monoisotopic (exact) mass is 146 g/mol. The van der Waals surface area contributed by atoms with Crippen LogP contribution in [0.2, 0.25) is 0 Å². The Morgan fingerprint density at radius 2 is 1.80 bits per heavy atom. The van der Waals surface area contributed by atoms with Gasteiger partial charge in [-0.3, -0.25) is 10.5 Å². The maximum Gasteiger partial charge on any atom is 0.295 e. The van der Waals surface area contributed by atoms with Crippen molar-refractivity contribution in [2.24, 2.45) is 0 Å². The van der Waals surface area contributed by atoms with Crippen molar-refractivity contribution in [3.05, 3.63) is 0 Å². The molecular formula is C6H12NO3. The van der Waals surface area contributed by atoms with Gasteiger partial charge in [-0.25, -0.2) is 0 Å². The summed E-state index contributed by atoms with van der Waals surface area (Å²) >= 11 is 0. The van der Waals surface area contributed by atoms with Gasteiger partial charge in [-0.1, -0.05) is 0 Å². The van der Waals surface area contributed by atoms with Crippen LogP contribution in [0.3, 0.4) is 0 Å². The summed E-state index contributed by atoms with van der Waals surface area (Å²) in [7, 11) is 0. The summed E-state index contributed by atoms with van der Waals surface area (Å²) in [5, 5.41) is 0. The molecule has 0 atom stereocenters. The van der Waals surface area contributed by atoms with Gasteiger partial charge in [0.2, 0.25) is 6.29 Å². The first-order valence-electron chi connectivity index (χ1n) is 3.21. The van der Waals surface area contributed by atoms with Gasteiger partial charge in [0.25, 0.3) is 5.91 Å². The van der Waals surface area contributed by atoms with Crippen LogP contribution in [0.5, 0.6) is 0 Å². The van der Waals surface area contributed by atoms with E-state index in [2.05, 4.69) is 0 Å². The second kappa shape index (κ2) is 5.20. The van der Waals surface area contributed by atoms with Crippen LogP contribution >= 0.6 is 0 Å². The molecular weight excluding hydrogens is 134 g/mol. The predicted octanol–water partition coefficient (Wildman–Crippen LogP) is 0.195. The van der Waals surface area contributed by atoms with E-state index in [1.165, 1.54) is 0 Å². The summed E-state index contributed by atoms with van der Waals surface area (Å²) in [6, 6.07) is 0. The van der Waals surface area contributed by atoms with Gasteiger partial charge in [0.05, 0.1) is 0 Å². The molecule has 0 unspecified atom stereocenters. The molecule has 0 saturated heterocycles. The van der Waals surface area contributed by atoms with E-state index in [0.29, 0.717) is 13.2 Å². The fourth-order valence-corrected chi connectivity index (χ4v) is 0.502. The zero-order valence-corrected chi connectivity index (χ0v) is 6.22. The van der Waals surface area contributed by atoms with Gasteiger partial charge >= 0.3 is 0 Å². The lowest BCUT2D eigenvalue weighted by Gasteiger charge is -2.11. The first kappa shape index (κ1) is 9.39. The molecule has 0 bridgehead atoms. The first-order valence-corrected chi connectivity index (χ1v) is 3.21. The molecule has 0 heterocycles. The number of hydrogen-bond acceptors (Lipinski definition) is 3. The molecule has 1 N–H and O–H groups in total. The maximum absolute atomic E-state index is 10.3. The molecule has 10 heavy (non-hydrogen) atoms. The van der Waals surface area contributed by atoms with E-state index >= 15 is 0 Å². The Labute approximate surface area is 60.3 Å². The van der Waals surface area contributed by atoms with Crippen LogP contribution < -0.4 is 5.73 Å². The summed E-state index contributed by atoms with van der Waals surface area (Å²) in [5.74, 6) is -0.830. The Morgan fingerprint density at radius 1 is 1.40 bits per heavy atom. The summed E-state index contributed by atoms with van der Waals surface area (Å²) in [4.78, 5) is 10.3. The van der Waals surface area contributed by atoms with Crippen LogP contribution in [0.1, 0.15) is 13.8 Å². The highest BCUT2D eigenvalue weighted by atomic mass is 16.7. The van der Waals surface area contributed by atoms with Gasteiger partial charge < -0.3 is 9.47 Å². The Morgan fingerprint density at radius 3 is 2.00 bits per heavy atom. The van der Waals surface area contributed by atoms with Crippen LogP contribution in [-0.4, -0.2) is 25.4 Å². The number of rotatable bonds is 5. The van der Waals surface area contributed by atoms with Crippen LogP contribution in [-0.2, 0) is 14.3 Å². The van der Waals surface area contributed by atoms with Crippen molar-refractivity contribution >= 4 is 5.91 Å². The summed E-state index contributed by atoms with van der Waals surface area (Å²) in [6.07, 6.45) is -0.991. The highest BCUT2D eigenvalue weighted by Gasteiger charge is 2.14. The van der Waals surface area contributed by atoms with Crippen molar-refractivity contribution in [2.45, 2.75) is 20.1 Å². The van der Waals surface area contributed by atoms with Crippen LogP contribution in [0.25, 0.3) is 0 Å². The molecule has 0 aliphatic heterocycles. The van der Waals surface area contributed by atoms with E-state index in [1.54, 1.807) is 13.8 Å². The third-order valence-electron chi connectivity index (χ3n) is 0.850. The molecule has 1 radical (unpaired) electrons. The second-order valence-corrected chi connectivity index (χ2v) is 1.61. The van der Waals surface area contributed by atoms with Crippen molar-refractivity contribution in [1.82, 2.24) is 5.73 Å². The van der Waals surface area contributed by atoms with Crippen molar-refractivity contribution < 1.29 is 14.3 Å². The Balaban J connectivity index is 3.61. The van der Waals surface area contributed by atoms with Gasteiger partial charge in [-0.05, 0) is 13.8 Å². The molecule has 0 saturated carbocycles. The highest BCUT2D eigenvalue weighted by Crippen LogP contribution is 1.93. The van der Waals surface area contributed by atoms with E-state index in [4.69, 9.17) is 15.2 Å². The minimum Gasteiger partial charge on any atom is -0.345 e. The van der Waals surface area contributed by atoms with E-state index in [1.807, 2.05) is 0 Å². The van der Waals surface area contributed by atoms with Crippen molar-refractivity contribution in [1.29, 1.82) is 0 Å². The summed E-state index contributed by atoms with van der Waals surface area (Å²) < 4.78 is 9.57. The molecule has 0 fully saturated rings. The van der Waals surface area contributed by atoms with Crippen LogP contribution in [0, 0.1) is 0 Å². The largest absolute Gasteiger partial charge is 0.345 e. The molecule has 0 spiro atoms. The number of nitrogens with one attached hydrogen (secondary N) is 1. The van der Waals surface area contributed by atoms with Crippen LogP contribution in [0.15, 0.2) is 0 Å². The molecule has 1 amide bonds. The van der Waals surface area contributed by atoms with Crippen molar-refractivity contribution in [3.8, 4) is 0 Å². The molecule has 4 heteroatoms. The third kappa shape index (κ3) is 3.42. The highest BCUT2D eigenvalue weighted by molar-refractivity contribution is 5.76. The quantitative estimate of drug-likeness (QED) is 0.520. The van der Waals surface area contributed by atoms with Gasteiger partial charge in [-0.2, -0.15) is 0 Å². The molecule has 0 aliphatic carbocycles. The average Bonchev–Trinajstić information content (AvgIpc) is 1.87. The van der Waals surface area contributed by atoms with Gasteiger partial charge in [0.15, 0.2) is 0 Å². The second-order valence-electron chi connectivity index (χ2n) is 1.61. The SMILES string of the molecule is CCOC(OCC)C([NH])=O. The predicted molar refractivity (Wildman–Crippen MR) is 35.1 cm³/mol. The molecule has 0 rings (SSSR count). The third-order valence-corrected chi connectivity index (χ3v) is 0.850. The standard InChI is InChI=1S/C6H12NO3/c1-3-9-6(5(7)8)10-4-2/h6-7H,3-4H2,1-2H3. The zero-order valence-electron chi connectivity index (χ0n) is 6.22. The fraction of sp³-hybridized carbons (Fsp3) is 0.833. The lowest BCUT2D eigenvalue weighted by molar-refractivity contribution is -0.167. The van der Waals surface area contributed by atoms with E-state index in [9.17, 15) is 4.79 Å². The van der Waals surface area contributed by atoms with Gasteiger partial charge in [0.1, 0.15) is 0 Å². The molecule has 0 aromatic rings. The number of amides is 1. The molecule has 4 nitrogen and oxygen atoms in total. The Kier molecular flexibility index (Phi) is 4.88. The Bertz CT molecular complexity index is 99.2. The Hall–Kier alpha value is -0.610.